The number of rotatable bonds is 5. The summed E-state index contributed by atoms with van der Waals surface area (Å²) >= 11 is 0. The molecule has 1 aromatic rings. The number of hydrogen-bond donors (Lipinski definition) is 2. The lowest BCUT2D eigenvalue weighted by molar-refractivity contribution is -0.125. The van der Waals surface area contributed by atoms with Crippen molar-refractivity contribution in [2.45, 2.75) is 58.2 Å². The first-order valence-electron chi connectivity index (χ1n) is 8.32. The van der Waals surface area contributed by atoms with Crippen LogP contribution >= 0.6 is 0 Å². The van der Waals surface area contributed by atoms with E-state index in [1.807, 2.05) is 0 Å². The lowest BCUT2D eigenvalue weighted by Gasteiger charge is -2.20. The summed E-state index contributed by atoms with van der Waals surface area (Å²) in [4.78, 5) is 14.3. The summed E-state index contributed by atoms with van der Waals surface area (Å²) < 4.78 is 0. The van der Waals surface area contributed by atoms with Crippen molar-refractivity contribution in [1.82, 2.24) is 10.2 Å². The predicted molar refractivity (Wildman–Crippen MR) is 90.3 cm³/mol. The minimum atomic E-state index is -0.827. The lowest BCUT2D eigenvalue weighted by atomic mass is 10.1. The molecule has 0 spiro atoms. The van der Waals surface area contributed by atoms with Crippen molar-refractivity contribution in [1.29, 1.82) is 0 Å². The van der Waals surface area contributed by atoms with E-state index in [2.05, 4.69) is 34.5 Å². The van der Waals surface area contributed by atoms with E-state index in [0.29, 0.717) is 6.54 Å². The molecule has 0 aliphatic carbocycles. The van der Waals surface area contributed by atoms with Gasteiger partial charge in [0.05, 0.1) is 5.54 Å². The normalized spacial score (nSPS) is 17.0. The molecule has 0 aromatic heterocycles. The van der Waals surface area contributed by atoms with Gasteiger partial charge in [-0.2, -0.15) is 0 Å². The van der Waals surface area contributed by atoms with Crippen LogP contribution in [-0.2, 0) is 17.9 Å². The van der Waals surface area contributed by atoms with E-state index in [1.165, 1.54) is 44.3 Å². The zero-order valence-corrected chi connectivity index (χ0v) is 13.9. The molecule has 0 unspecified atom stereocenters. The van der Waals surface area contributed by atoms with Crippen molar-refractivity contribution in [3.8, 4) is 0 Å². The average molecular weight is 303 g/mol. The Kier molecular flexibility index (Phi) is 5.98. The molecule has 0 saturated carbocycles. The fourth-order valence-corrected chi connectivity index (χ4v) is 2.73. The minimum absolute atomic E-state index is 0.124. The van der Waals surface area contributed by atoms with Gasteiger partial charge >= 0.3 is 0 Å². The molecule has 3 N–H and O–H groups in total. The Balaban J connectivity index is 1.83. The summed E-state index contributed by atoms with van der Waals surface area (Å²) in [6.07, 6.45) is 5.37. The lowest BCUT2D eigenvalue weighted by Crippen LogP contribution is -2.48. The van der Waals surface area contributed by atoms with E-state index in [1.54, 1.807) is 13.8 Å². The van der Waals surface area contributed by atoms with Crippen LogP contribution in [0.3, 0.4) is 0 Å². The summed E-state index contributed by atoms with van der Waals surface area (Å²) in [5, 5.41) is 2.87. The topological polar surface area (TPSA) is 58.4 Å². The van der Waals surface area contributed by atoms with Crippen molar-refractivity contribution in [3.63, 3.8) is 0 Å². The summed E-state index contributed by atoms with van der Waals surface area (Å²) in [6, 6.07) is 8.52. The second kappa shape index (κ2) is 7.75. The van der Waals surface area contributed by atoms with E-state index in [4.69, 9.17) is 5.73 Å². The number of nitrogens with two attached hydrogens (primary N) is 1. The third kappa shape index (κ3) is 5.43. The van der Waals surface area contributed by atoms with Crippen LogP contribution in [0, 0.1) is 0 Å². The van der Waals surface area contributed by atoms with E-state index in [0.717, 1.165) is 12.1 Å². The monoisotopic (exact) mass is 303 g/mol. The Hall–Kier alpha value is -1.39. The molecule has 122 valence electrons. The molecule has 2 rings (SSSR count). The summed E-state index contributed by atoms with van der Waals surface area (Å²) in [5.41, 5.74) is 7.39. The molecule has 1 aliphatic rings. The first kappa shape index (κ1) is 17.0. The van der Waals surface area contributed by atoms with Crippen LogP contribution in [0.4, 0.5) is 0 Å². The van der Waals surface area contributed by atoms with E-state index in [9.17, 15) is 4.79 Å². The number of nitrogens with zero attached hydrogens (tertiary/aromatic N) is 1. The molecule has 0 atom stereocenters. The van der Waals surface area contributed by atoms with Gasteiger partial charge in [-0.05, 0) is 50.9 Å². The standard InChI is InChI=1S/C18H29N3O/c1-18(2,19)17(22)20-13-15-7-9-16(10-8-15)14-21-11-5-3-4-6-12-21/h7-10H,3-6,11-14,19H2,1-2H3,(H,20,22). The van der Waals surface area contributed by atoms with Gasteiger partial charge in [0.1, 0.15) is 0 Å². The summed E-state index contributed by atoms with van der Waals surface area (Å²) in [7, 11) is 0. The van der Waals surface area contributed by atoms with E-state index in [-0.39, 0.29) is 5.91 Å². The predicted octanol–water partition coefficient (Wildman–Crippen LogP) is 2.42. The van der Waals surface area contributed by atoms with Gasteiger partial charge in [0.2, 0.25) is 5.91 Å². The average Bonchev–Trinajstić information content (AvgIpc) is 2.74. The van der Waals surface area contributed by atoms with Gasteiger partial charge in [0.25, 0.3) is 0 Å². The second-order valence-corrected chi connectivity index (χ2v) is 6.91. The molecule has 1 aliphatic heterocycles. The number of likely N-dealkylation sites (tertiary alicyclic amines) is 1. The van der Waals surface area contributed by atoms with Gasteiger partial charge < -0.3 is 11.1 Å². The Morgan fingerprint density at radius 3 is 2.18 bits per heavy atom. The molecule has 0 bridgehead atoms. The highest BCUT2D eigenvalue weighted by Gasteiger charge is 2.21. The third-order valence-electron chi connectivity index (χ3n) is 4.17. The van der Waals surface area contributed by atoms with Gasteiger partial charge in [0, 0.05) is 13.1 Å². The highest BCUT2D eigenvalue weighted by Crippen LogP contribution is 2.14. The number of amides is 1. The quantitative estimate of drug-likeness (QED) is 0.878. The Morgan fingerprint density at radius 2 is 1.64 bits per heavy atom. The van der Waals surface area contributed by atoms with Crippen LogP contribution in [0.15, 0.2) is 24.3 Å². The van der Waals surface area contributed by atoms with Crippen LogP contribution < -0.4 is 11.1 Å². The van der Waals surface area contributed by atoms with E-state index < -0.39 is 5.54 Å². The number of hydrogen-bond acceptors (Lipinski definition) is 3. The zero-order chi connectivity index (χ0) is 16.0. The van der Waals surface area contributed by atoms with Crippen molar-refractivity contribution in [2.24, 2.45) is 5.73 Å². The molecule has 1 fully saturated rings. The molecule has 22 heavy (non-hydrogen) atoms. The van der Waals surface area contributed by atoms with Crippen LogP contribution in [0.5, 0.6) is 0 Å². The van der Waals surface area contributed by atoms with Crippen molar-refractivity contribution in [2.75, 3.05) is 13.1 Å². The molecule has 0 radical (unpaired) electrons. The first-order valence-corrected chi connectivity index (χ1v) is 8.32. The number of carbonyl (C=O) groups is 1. The SMILES string of the molecule is CC(C)(N)C(=O)NCc1ccc(CN2CCCCCC2)cc1. The van der Waals surface area contributed by atoms with Gasteiger partial charge in [-0.25, -0.2) is 0 Å². The van der Waals surface area contributed by atoms with Crippen LogP contribution in [0.25, 0.3) is 0 Å². The molecule has 4 nitrogen and oxygen atoms in total. The van der Waals surface area contributed by atoms with Gasteiger partial charge in [-0.1, -0.05) is 37.1 Å². The maximum atomic E-state index is 11.8. The number of carbonyl (C=O) groups excluding carboxylic acids is 1. The number of nitrogens with one attached hydrogen (secondary N) is 1. The maximum absolute atomic E-state index is 11.8. The van der Waals surface area contributed by atoms with Crippen molar-refractivity contribution >= 4 is 5.91 Å². The minimum Gasteiger partial charge on any atom is -0.350 e. The Bertz CT molecular complexity index is 468. The van der Waals surface area contributed by atoms with Crippen molar-refractivity contribution in [3.05, 3.63) is 35.4 Å². The highest BCUT2D eigenvalue weighted by molar-refractivity contribution is 5.84. The van der Waals surface area contributed by atoms with Crippen LogP contribution in [0.1, 0.15) is 50.7 Å². The number of benzene rings is 1. The van der Waals surface area contributed by atoms with E-state index >= 15 is 0 Å². The Labute approximate surface area is 134 Å². The fourth-order valence-electron chi connectivity index (χ4n) is 2.73. The summed E-state index contributed by atoms with van der Waals surface area (Å²) in [5.74, 6) is -0.124. The maximum Gasteiger partial charge on any atom is 0.239 e. The smallest absolute Gasteiger partial charge is 0.239 e. The van der Waals surface area contributed by atoms with Gasteiger partial charge in [0.15, 0.2) is 0 Å². The molecule has 1 aromatic carbocycles. The van der Waals surface area contributed by atoms with Crippen molar-refractivity contribution < 1.29 is 4.79 Å². The molecular weight excluding hydrogens is 274 g/mol. The van der Waals surface area contributed by atoms with Crippen LogP contribution in [0.2, 0.25) is 0 Å². The molecule has 1 amide bonds. The molecule has 4 heteroatoms. The molecular formula is C18H29N3O. The van der Waals surface area contributed by atoms with Crippen LogP contribution in [-0.4, -0.2) is 29.4 Å². The fraction of sp³-hybridized carbons (Fsp3) is 0.611. The first-order chi connectivity index (χ1) is 10.4. The molecule has 1 saturated heterocycles. The highest BCUT2D eigenvalue weighted by atomic mass is 16.2. The molecule has 1 heterocycles. The largest absolute Gasteiger partial charge is 0.350 e. The third-order valence-corrected chi connectivity index (χ3v) is 4.17. The zero-order valence-electron chi connectivity index (χ0n) is 13.9. The van der Waals surface area contributed by atoms with Gasteiger partial charge in [-0.15, -0.1) is 0 Å². The summed E-state index contributed by atoms with van der Waals surface area (Å²) in [6.45, 7) is 7.41. The second-order valence-electron chi connectivity index (χ2n) is 6.91. The van der Waals surface area contributed by atoms with Gasteiger partial charge in [-0.3, -0.25) is 9.69 Å². The Morgan fingerprint density at radius 1 is 1.09 bits per heavy atom.